The van der Waals surface area contributed by atoms with Crippen molar-refractivity contribution in [2.75, 3.05) is 32.4 Å². The first-order chi connectivity index (χ1) is 12.7. The van der Waals surface area contributed by atoms with Crippen LogP contribution in [0.15, 0.2) is 42.5 Å². The summed E-state index contributed by atoms with van der Waals surface area (Å²) in [5.74, 6) is -1.68. The second-order valence-corrected chi connectivity index (χ2v) is 9.44. The minimum absolute atomic E-state index is 0.0185. The molecule has 2 aliphatic heterocycles. The highest BCUT2D eigenvalue weighted by Crippen LogP contribution is 2.44. The molecule has 7 nitrogen and oxygen atoms in total. The number of fused-ring (bicyclic) bond motifs is 2. The largest absolute Gasteiger partial charge is 0.481 e. The highest BCUT2D eigenvalue weighted by molar-refractivity contribution is 7.88. The molecule has 2 saturated heterocycles. The average molecular weight is 388 g/mol. The molecule has 0 spiro atoms. The van der Waals surface area contributed by atoms with E-state index in [9.17, 15) is 23.1 Å². The van der Waals surface area contributed by atoms with Crippen LogP contribution in [0.1, 0.15) is 10.4 Å². The molecule has 2 fully saturated rings. The Kier molecular flexibility index (Phi) is 4.01. The quantitative estimate of drug-likeness (QED) is 0.854. The van der Waals surface area contributed by atoms with E-state index in [0.29, 0.717) is 5.56 Å². The van der Waals surface area contributed by atoms with Gasteiger partial charge in [-0.2, -0.15) is 0 Å². The Morgan fingerprint density at radius 3 is 2.41 bits per heavy atom. The fourth-order valence-corrected chi connectivity index (χ4v) is 5.15. The van der Waals surface area contributed by atoms with E-state index in [1.54, 1.807) is 11.0 Å². The van der Waals surface area contributed by atoms with E-state index < -0.39 is 27.3 Å². The number of likely N-dealkylation sites (tertiary alicyclic amines) is 1. The summed E-state index contributed by atoms with van der Waals surface area (Å²) in [5.41, 5.74) is -0.732. The number of rotatable bonds is 3. The number of carbonyl (C=O) groups excluding carboxylic acids is 1. The second kappa shape index (κ2) is 6.03. The highest BCUT2D eigenvalue weighted by Gasteiger charge is 2.60. The van der Waals surface area contributed by atoms with Gasteiger partial charge in [0.1, 0.15) is 5.41 Å². The summed E-state index contributed by atoms with van der Waals surface area (Å²) in [5, 5.41) is 11.8. The van der Waals surface area contributed by atoms with Gasteiger partial charge in [0, 0.05) is 37.7 Å². The molecule has 0 aromatic heterocycles. The van der Waals surface area contributed by atoms with E-state index in [2.05, 4.69) is 0 Å². The molecule has 1 amide bonds. The smallest absolute Gasteiger partial charge is 0.313 e. The number of aliphatic carboxylic acids is 1. The van der Waals surface area contributed by atoms with E-state index in [1.165, 1.54) is 4.31 Å². The Bertz CT molecular complexity index is 1050. The van der Waals surface area contributed by atoms with Gasteiger partial charge >= 0.3 is 5.97 Å². The van der Waals surface area contributed by atoms with Crippen LogP contribution in [0.3, 0.4) is 0 Å². The topological polar surface area (TPSA) is 95.0 Å². The third-order valence-corrected chi connectivity index (χ3v) is 6.97. The van der Waals surface area contributed by atoms with Crippen molar-refractivity contribution in [3.63, 3.8) is 0 Å². The number of carbonyl (C=O) groups is 2. The summed E-state index contributed by atoms with van der Waals surface area (Å²) < 4.78 is 24.9. The zero-order valence-corrected chi connectivity index (χ0v) is 15.6. The molecule has 2 aliphatic rings. The molecule has 1 N–H and O–H groups in total. The molecule has 2 aromatic rings. The summed E-state index contributed by atoms with van der Waals surface area (Å²) in [4.78, 5) is 26.5. The van der Waals surface area contributed by atoms with Crippen molar-refractivity contribution in [1.29, 1.82) is 0 Å². The Morgan fingerprint density at radius 1 is 1.07 bits per heavy atom. The Balaban J connectivity index is 1.61. The van der Waals surface area contributed by atoms with Crippen molar-refractivity contribution in [3.05, 3.63) is 48.0 Å². The maximum atomic E-state index is 13.0. The third kappa shape index (κ3) is 2.89. The fraction of sp³-hybridized carbons (Fsp3) is 0.368. The van der Waals surface area contributed by atoms with E-state index in [4.69, 9.17) is 0 Å². The molecular weight excluding hydrogens is 368 g/mol. The first kappa shape index (κ1) is 17.9. The van der Waals surface area contributed by atoms with Gasteiger partial charge in [0.25, 0.3) is 5.91 Å². The molecule has 2 atom stereocenters. The molecule has 0 saturated carbocycles. The summed E-state index contributed by atoms with van der Waals surface area (Å²) in [6, 6.07) is 13.1. The van der Waals surface area contributed by atoms with Gasteiger partial charge < -0.3 is 10.0 Å². The summed E-state index contributed by atoms with van der Waals surface area (Å²) >= 11 is 0. The molecule has 0 unspecified atom stereocenters. The lowest BCUT2D eigenvalue weighted by atomic mass is 9.81. The van der Waals surface area contributed by atoms with Gasteiger partial charge in [-0.25, -0.2) is 12.7 Å². The van der Waals surface area contributed by atoms with E-state index >= 15 is 0 Å². The SMILES string of the molecule is CS(=O)(=O)N1C[C@H]2CN(C(=O)c3ccc4ccccc4c3)C[C@@]2(C(=O)O)C1. The van der Waals surface area contributed by atoms with Crippen molar-refractivity contribution in [1.82, 2.24) is 9.21 Å². The average Bonchev–Trinajstić information content (AvgIpc) is 3.16. The molecule has 8 heteroatoms. The molecule has 142 valence electrons. The van der Waals surface area contributed by atoms with Gasteiger partial charge in [0.05, 0.1) is 6.26 Å². The Labute approximate surface area is 157 Å². The van der Waals surface area contributed by atoms with Gasteiger partial charge in [0.15, 0.2) is 0 Å². The number of carboxylic acid groups (broad SMARTS) is 1. The van der Waals surface area contributed by atoms with E-state index in [0.717, 1.165) is 17.0 Å². The zero-order chi connectivity index (χ0) is 19.4. The Hall–Kier alpha value is -2.45. The van der Waals surface area contributed by atoms with Crippen molar-refractivity contribution < 1.29 is 23.1 Å². The van der Waals surface area contributed by atoms with Crippen LogP contribution in [-0.4, -0.2) is 67.0 Å². The van der Waals surface area contributed by atoms with Crippen molar-refractivity contribution >= 4 is 32.7 Å². The number of benzene rings is 2. The van der Waals surface area contributed by atoms with Crippen LogP contribution in [0.25, 0.3) is 10.8 Å². The third-order valence-electron chi connectivity index (χ3n) is 5.76. The molecule has 2 heterocycles. The first-order valence-electron chi connectivity index (χ1n) is 8.67. The van der Waals surface area contributed by atoms with Gasteiger partial charge in [-0.05, 0) is 22.9 Å². The monoisotopic (exact) mass is 388 g/mol. The maximum absolute atomic E-state index is 13.0. The lowest BCUT2D eigenvalue weighted by molar-refractivity contribution is -0.148. The minimum Gasteiger partial charge on any atom is -0.481 e. The number of hydrogen-bond acceptors (Lipinski definition) is 4. The zero-order valence-electron chi connectivity index (χ0n) is 14.8. The molecule has 0 aliphatic carbocycles. The number of amides is 1. The fourth-order valence-electron chi connectivity index (χ4n) is 4.23. The van der Waals surface area contributed by atoms with Crippen LogP contribution in [0.2, 0.25) is 0 Å². The molecule has 4 rings (SSSR count). The summed E-state index contributed by atoms with van der Waals surface area (Å²) in [6.45, 7) is 0.300. The van der Waals surface area contributed by atoms with Crippen LogP contribution >= 0.6 is 0 Å². The normalized spacial score (nSPS) is 25.7. The van der Waals surface area contributed by atoms with Gasteiger partial charge in [-0.15, -0.1) is 0 Å². The van der Waals surface area contributed by atoms with E-state index in [1.807, 2.05) is 36.4 Å². The lowest BCUT2D eigenvalue weighted by Gasteiger charge is -2.24. The van der Waals surface area contributed by atoms with Gasteiger partial charge in [-0.1, -0.05) is 30.3 Å². The van der Waals surface area contributed by atoms with Crippen molar-refractivity contribution in [3.8, 4) is 0 Å². The lowest BCUT2D eigenvalue weighted by Crippen LogP contribution is -2.42. The van der Waals surface area contributed by atoms with Crippen LogP contribution in [0, 0.1) is 11.3 Å². The molecule has 0 bridgehead atoms. The van der Waals surface area contributed by atoms with Gasteiger partial charge in [-0.3, -0.25) is 9.59 Å². The Morgan fingerprint density at radius 2 is 1.78 bits per heavy atom. The predicted octanol–water partition coefficient (Wildman–Crippen LogP) is 1.26. The number of nitrogens with zero attached hydrogens (tertiary/aromatic N) is 2. The molecule has 27 heavy (non-hydrogen) atoms. The predicted molar refractivity (Wildman–Crippen MR) is 99.8 cm³/mol. The van der Waals surface area contributed by atoms with Crippen LogP contribution < -0.4 is 0 Å². The van der Waals surface area contributed by atoms with Crippen LogP contribution in [0.5, 0.6) is 0 Å². The number of sulfonamides is 1. The number of hydrogen-bond donors (Lipinski definition) is 1. The number of carboxylic acids is 1. The maximum Gasteiger partial charge on any atom is 0.313 e. The second-order valence-electron chi connectivity index (χ2n) is 7.46. The molecule has 2 aromatic carbocycles. The highest BCUT2D eigenvalue weighted by atomic mass is 32.2. The summed E-state index contributed by atoms with van der Waals surface area (Å²) in [7, 11) is -3.46. The van der Waals surface area contributed by atoms with Crippen molar-refractivity contribution in [2.24, 2.45) is 11.3 Å². The molecular formula is C19H20N2O5S. The van der Waals surface area contributed by atoms with Crippen LogP contribution in [0.4, 0.5) is 0 Å². The summed E-state index contributed by atoms with van der Waals surface area (Å²) in [6.07, 6.45) is 1.08. The van der Waals surface area contributed by atoms with E-state index in [-0.39, 0.29) is 32.1 Å². The first-order valence-corrected chi connectivity index (χ1v) is 10.5. The van der Waals surface area contributed by atoms with Crippen molar-refractivity contribution in [2.45, 2.75) is 0 Å². The standard InChI is InChI=1S/C19H20N2O5S/c1-27(25,26)21-10-16-9-20(11-19(16,12-21)18(23)24)17(22)15-7-6-13-4-2-3-5-14(13)8-15/h2-8,16H,9-12H2,1H3,(H,23,24)/t16-,19-/m1/s1. The molecule has 0 radical (unpaired) electrons. The minimum atomic E-state index is -3.46. The van der Waals surface area contributed by atoms with Gasteiger partial charge in [0.2, 0.25) is 10.0 Å². The van der Waals surface area contributed by atoms with Crippen LogP contribution in [-0.2, 0) is 14.8 Å².